The number of para-hydroxylation sites is 1. The Morgan fingerprint density at radius 3 is 1.43 bits per heavy atom. The zero-order valence-electron chi connectivity index (χ0n) is 17.5. The maximum Gasteiger partial charge on any atom is 0.631 e. The minimum atomic E-state index is -2.17. The van der Waals surface area contributed by atoms with E-state index in [1.807, 2.05) is 30.3 Å². The Hall–Kier alpha value is -1.90. The van der Waals surface area contributed by atoms with Gasteiger partial charge in [-0.15, -0.1) is 0 Å². The molecular weight excluding hydrogens is 359 g/mol. The first-order valence-electron chi connectivity index (χ1n) is 9.04. The van der Waals surface area contributed by atoms with E-state index in [0.717, 1.165) is 11.1 Å². The van der Waals surface area contributed by atoms with E-state index in [2.05, 4.69) is 26.0 Å². The molecule has 0 spiro atoms. The van der Waals surface area contributed by atoms with Crippen LogP contribution in [0.15, 0.2) is 48.5 Å². The summed E-state index contributed by atoms with van der Waals surface area (Å²) in [5.41, 5.74) is 1.28. The molecule has 0 amide bonds. The van der Waals surface area contributed by atoms with Crippen molar-refractivity contribution in [3.05, 3.63) is 54.1 Å². The van der Waals surface area contributed by atoms with Crippen molar-refractivity contribution in [2.75, 3.05) is 0 Å². The largest absolute Gasteiger partial charge is 0.631 e. The zero-order valence-corrected chi connectivity index (χ0v) is 17.5. The number of phenols is 1. The van der Waals surface area contributed by atoms with E-state index >= 15 is 0 Å². The van der Waals surface area contributed by atoms with Gasteiger partial charge < -0.3 is 30.4 Å². The monoisotopic (exact) mass is 392 g/mol. The molecule has 0 saturated carbocycles. The summed E-state index contributed by atoms with van der Waals surface area (Å²) in [6, 6.07) is 15.7. The van der Waals surface area contributed by atoms with Crippen LogP contribution in [0, 0.1) is 0 Å². The van der Waals surface area contributed by atoms with Gasteiger partial charge in [0, 0.05) is 5.56 Å². The molecule has 0 aliphatic rings. The first kappa shape index (κ1) is 26.1. The van der Waals surface area contributed by atoms with Crippen molar-refractivity contribution in [2.24, 2.45) is 0 Å². The highest BCUT2D eigenvalue weighted by Gasteiger charge is 2.31. The molecule has 0 atom stereocenters. The molecule has 2 aromatic carbocycles. The minimum Gasteiger partial charge on any atom is -0.507 e. The SMILES string of the molecule is CC(C)(O)C(C)(C)O.CC(C)c1ccccc1-c1ccccc1O.OB(O)O. The van der Waals surface area contributed by atoms with E-state index in [0.29, 0.717) is 11.7 Å². The van der Waals surface area contributed by atoms with Crippen molar-refractivity contribution in [1.29, 1.82) is 0 Å². The number of aliphatic hydroxyl groups is 2. The van der Waals surface area contributed by atoms with Gasteiger partial charge in [-0.2, -0.15) is 0 Å². The molecule has 0 heterocycles. The number of hydrogen-bond donors (Lipinski definition) is 6. The molecule has 0 bridgehead atoms. The van der Waals surface area contributed by atoms with Gasteiger partial charge >= 0.3 is 7.32 Å². The Morgan fingerprint density at radius 2 is 1.07 bits per heavy atom. The molecule has 0 fully saturated rings. The number of benzene rings is 2. The third kappa shape index (κ3) is 9.35. The van der Waals surface area contributed by atoms with Gasteiger partial charge in [-0.25, -0.2) is 0 Å². The van der Waals surface area contributed by atoms with Gasteiger partial charge in [0.2, 0.25) is 0 Å². The average Bonchev–Trinajstić information content (AvgIpc) is 2.53. The van der Waals surface area contributed by atoms with Gasteiger partial charge in [-0.05, 0) is 50.8 Å². The van der Waals surface area contributed by atoms with Crippen LogP contribution in [0.4, 0.5) is 0 Å². The summed E-state index contributed by atoms with van der Waals surface area (Å²) in [4.78, 5) is 0. The van der Waals surface area contributed by atoms with Crippen LogP contribution in [0.2, 0.25) is 0 Å². The van der Waals surface area contributed by atoms with E-state index in [-0.39, 0.29) is 0 Å². The Bertz CT molecular complexity index is 688. The lowest BCUT2D eigenvalue weighted by Gasteiger charge is -2.31. The molecule has 28 heavy (non-hydrogen) atoms. The van der Waals surface area contributed by atoms with Gasteiger partial charge in [0.1, 0.15) is 5.75 Å². The summed E-state index contributed by atoms with van der Waals surface area (Å²) in [6.07, 6.45) is 0. The second kappa shape index (κ2) is 11.2. The van der Waals surface area contributed by atoms with Crippen molar-refractivity contribution in [3.63, 3.8) is 0 Å². The summed E-state index contributed by atoms with van der Waals surface area (Å²) in [7, 11) is -2.17. The fourth-order valence-corrected chi connectivity index (χ4v) is 1.95. The van der Waals surface area contributed by atoms with Gasteiger partial charge in [0.15, 0.2) is 0 Å². The summed E-state index contributed by atoms with van der Waals surface area (Å²) >= 11 is 0. The molecule has 2 rings (SSSR count). The maximum absolute atomic E-state index is 9.87. The molecule has 2 aromatic rings. The quantitative estimate of drug-likeness (QED) is 0.447. The highest BCUT2D eigenvalue weighted by atomic mass is 16.5. The predicted molar refractivity (Wildman–Crippen MR) is 113 cm³/mol. The molecule has 0 aliphatic carbocycles. The van der Waals surface area contributed by atoms with Crippen molar-refractivity contribution >= 4 is 7.32 Å². The lowest BCUT2D eigenvalue weighted by atomic mass is 9.90. The van der Waals surface area contributed by atoms with Gasteiger partial charge in [-0.1, -0.05) is 56.3 Å². The second-order valence-corrected chi connectivity index (χ2v) is 7.72. The van der Waals surface area contributed by atoms with Crippen LogP contribution in [-0.4, -0.2) is 48.9 Å². The molecule has 0 radical (unpaired) electrons. The van der Waals surface area contributed by atoms with E-state index in [9.17, 15) is 5.11 Å². The molecule has 6 N–H and O–H groups in total. The van der Waals surface area contributed by atoms with Crippen LogP contribution < -0.4 is 0 Å². The highest BCUT2D eigenvalue weighted by molar-refractivity contribution is 6.30. The zero-order chi connectivity index (χ0) is 22.1. The molecule has 7 heteroatoms. The molecule has 0 aliphatic heterocycles. The van der Waals surface area contributed by atoms with Crippen LogP contribution in [0.1, 0.15) is 53.0 Å². The smallest absolute Gasteiger partial charge is 0.507 e. The molecule has 0 unspecified atom stereocenters. The number of hydrogen-bond acceptors (Lipinski definition) is 6. The standard InChI is InChI=1S/C15H16O.C6H14O2.BH3O3/c1-11(2)12-7-3-4-8-13(12)14-9-5-6-10-15(14)16;1-5(2,7)6(3,4)8;2-1(3)4/h3-11,16H,1-2H3;7-8H,1-4H3;2-4H. The Labute approximate surface area is 167 Å². The fraction of sp³-hybridized carbons (Fsp3) is 0.429. The molecule has 0 aromatic heterocycles. The first-order valence-corrected chi connectivity index (χ1v) is 9.04. The van der Waals surface area contributed by atoms with E-state index in [1.165, 1.54) is 5.56 Å². The predicted octanol–water partition coefficient (Wildman–Crippen LogP) is 2.66. The molecule has 0 saturated heterocycles. The number of rotatable bonds is 3. The van der Waals surface area contributed by atoms with Crippen LogP contribution in [0.25, 0.3) is 11.1 Å². The van der Waals surface area contributed by atoms with Crippen molar-refractivity contribution in [1.82, 2.24) is 0 Å². The third-order valence-corrected chi connectivity index (χ3v) is 4.27. The summed E-state index contributed by atoms with van der Waals surface area (Å²) in [5, 5.41) is 49.6. The summed E-state index contributed by atoms with van der Waals surface area (Å²) < 4.78 is 0. The van der Waals surface area contributed by atoms with Crippen molar-refractivity contribution in [3.8, 4) is 16.9 Å². The number of phenolic OH excluding ortho intramolecular Hbond substituents is 1. The topological polar surface area (TPSA) is 121 Å². The highest BCUT2D eigenvalue weighted by Crippen LogP contribution is 2.34. The van der Waals surface area contributed by atoms with Crippen LogP contribution in [0.5, 0.6) is 5.75 Å². The van der Waals surface area contributed by atoms with E-state index in [4.69, 9.17) is 25.3 Å². The Kier molecular flexibility index (Phi) is 10.4. The lowest BCUT2D eigenvalue weighted by Crippen LogP contribution is -2.44. The van der Waals surface area contributed by atoms with Gasteiger partial charge in [0.05, 0.1) is 11.2 Å². The molecular formula is C21H33BO6. The van der Waals surface area contributed by atoms with Crippen LogP contribution in [0.3, 0.4) is 0 Å². The maximum atomic E-state index is 9.87. The third-order valence-electron chi connectivity index (χ3n) is 4.27. The molecule has 6 nitrogen and oxygen atoms in total. The first-order chi connectivity index (χ1) is 12.7. The fourth-order valence-electron chi connectivity index (χ4n) is 1.95. The Morgan fingerprint density at radius 1 is 0.714 bits per heavy atom. The van der Waals surface area contributed by atoms with Crippen molar-refractivity contribution in [2.45, 2.75) is 58.7 Å². The number of aromatic hydroxyl groups is 1. The van der Waals surface area contributed by atoms with E-state index in [1.54, 1.807) is 33.8 Å². The normalized spacial score (nSPS) is 11.1. The van der Waals surface area contributed by atoms with E-state index < -0.39 is 18.5 Å². The second-order valence-electron chi connectivity index (χ2n) is 7.72. The Balaban J connectivity index is 0.000000511. The summed E-state index contributed by atoms with van der Waals surface area (Å²) in [5.74, 6) is 0.798. The van der Waals surface area contributed by atoms with Gasteiger partial charge in [0.25, 0.3) is 0 Å². The minimum absolute atomic E-state index is 0.343. The molecule has 156 valence electrons. The van der Waals surface area contributed by atoms with Crippen molar-refractivity contribution < 1.29 is 30.4 Å². The van der Waals surface area contributed by atoms with Crippen LogP contribution in [-0.2, 0) is 0 Å². The summed E-state index contributed by atoms with van der Waals surface area (Å²) in [6.45, 7) is 10.6. The lowest BCUT2D eigenvalue weighted by molar-refractivity contribution is -0.107. The average molecular weight is 392 g/mol. The van der Waals surface area contributed by atoms with Crippen LogP contribution >= 0.6 is 0 Å². The van der Waals surface area contributed by atoms with Gasteiger partial charge in [-0.3, -0.25) is 0 Å².